The van der Waals surface area contributed by atoms with Crippen molar-refractivity contribution in [2.24, 2.45) is 5.92 Å². The zero-order valence-corrected chi connectivity index (χ0v) is 17.6. The molecule has 0 unspecified atom stereocenters. The lowest BCUT2D eigenvalue weighted by atomic mass is 10.1. The molecule has 8 heteroatoms. The third-order valence-corrected chi connectivity index (χ3v) is 5.80. The molecule has 2 amide bonds. The van der Waals surface area contributed by atoms with Crippen molar-refractivity contribution in [3.8, 4) is 11.5 Å². The number of nitrogens with one attached hydrogen (secondary N) is 1. The summed E-state index contributed by atoms with van der Waals surface area (Å²) in [5, 5.41) is 7.26. The fourth-order valence-corrected chi connectivity index (χ4v) is 4.11. The van der Waals surface area contributed by atoms with Gasteiger partial charge in [0.05, 0.1) is 12.5 Å². The van der Waals surface area contributed by atoms with E-state index in [-0.39, 0.29) is 18.2 Å². The van der Waals surface area contributed by atoms with Crippen LogP contribution in [0.25, 0.3) is 0 Å². The predicted molar refractivity (Wildman–Crippen MR) is 118 cm³/mol. The standard InChI is InChI=1S/C24H24N4O4/c29-23-12-19(16-28(23)20-6-7-21-22(13-20)32-11-10-31-21)24(30)25-14-17-4-1-2-5-18(17)15-27-9-3-8-26-27/h1-9,13,19H,10-12,14-16H2,(H,25,30)/t19-/m1/s1. The minimum absolute atomic E-state index is 0.0686. The highest BCUT2D eigenvalue weighted by Gasteiger charge is 2.35. The van der Waals surface area contributed by atoms with Gasteiger partial charge < -0.3 is 19.7 Å². The Morgan fingerprint density at radius 3 is 2.69 bits per heavy atom. The summed E-state index contributed by atoms with van der Waals surface area (Å²) in [6, 6.07) is 15.3. The van der Waals surface area contributed by atoms with Gasteiger partial charge in [-0.2, -0.15) is 5.10 Å². The van der Waals surface area contributed by atoms with Crippen LogP contribution in [0, 0.1) is 5.92 Å². The molecule has 3 heterocycles. The van der Waals surface area contributed by atoms with E-state index >= 15 is 0 Å². The van der Waals surface area contributed by atoms with Crippen LogP contribution in [0.15, 0.2) is 60.9 Å². The Bertz CT molecular complexity index is 1130. The van der Waals surface area contributed by atoms with Crippen LogP contribution in [0.5, 0.6) is 11.5 Å². The number of benzene rings is 2. The SMILES string of the molecule is O=C(NCc1ccccc1Cn1cccn1)[C@@H]1CC(=O)N(c2ccc3c(c2)OCCO3)C1. The van der Waals surface area contributed by atoms with E-state index < -0.39 is 5.92 Å². The van der Waals surface area contributed by atoms with E-state index in [1.807, 2.05) is 47.3 Å². The molecule has 2 aromatic carbocycles. The number of hydrogen-bond donors (Lipinski definition) is 1. The monoisotopic (exact) mass is 432 g/mol. The molecular weight excluding hydrogens is 408 g/mol. The van der Waals surface area contributed by atoms with Crippen molar-refractivity contribution < 1.29 is 19.1 Å². The summed E-state index contributed by atoms with van der Waals surface area (Å²) in [5.41, 5.74) is 2.85. The van der Waals surface area contributed by atoms with Gasteiger partial charge in [0, 0.05) is 43.7 Å². The highest BCUT2D eigenvalue weighted by Crippen LogP contribution is 2.36. The van der Waals surface area contributed by atoms with E-state index in [1.165, 1.54) is 0 Å². The molecule has 1 atom stereocenters. The molecule has 0 radical (unpaired) electrons. The van der Waals surface area contributed by atoms with Gasteiger partial charge in [-0.15, -0.1) is 0 Å². The van der Waals surface area contributed by atoms with Gasteiger partial charge >= 0.3 is 0 Å². The van der Waals surface area contributed by atoms with Crippen molar-refractivity contribution in [3.05, 3.63) is 72.1 Å². The largest absolute Gasteiger partial charge is 0.486 e. The molecule has 3 aromatic rings. The lowest BCUT2D eigenvalue weighted by Crippen LogP contribution is -2.33. The van der Waals surface area contributed by atoms with Gasteiger partial charge in [-0.1, -0.05) is 24.3 Å². The Morgan fingerprint density at radius 2 is 1.88 bits per heavy atom. The minimum atomic E-state index is -0.394. The zero-order chi connectivity index (χ0) is 21.9. The molecule has 1 saturated heterocycles. The van der Waals surface area contributed by atoms with Crippen molar-refractivity contribution in [3.63, 3.8) is 0 Å². The van der Waals surface area contributed by atoms with Crippen LogP contribution in [0.1, 0.15) is 17.5 Å². The maximum absolute atomic E-state index is 12.8. The van der Waals surface area contributed by atoms with E-state index in [0.717, 1.165) is 16.8 Å². The second kappa shape index (κ2) is 8.74. The van der Waals surface area contributed by atoms with Crippen LogP contribution in [0.3, 0.4) is 0 Å². The Balaban J connectivity index is 1.22. The second-order valence-corrected chi connectivity index (χ2v) is 7.92. The Hall–Kier alpha value is -3.81. The van der Waals surface area contributed by atoms with Crippen molar-refractivity contribution in [2.75, 3.05) is 24.7 Å². The molecular formula is C24H24N4O4. The van der Waals surface area contributed by atoms with Crippen molar-refractivity contribution in [1.29, 1.82) is 0 Å². The number of nitrogens with zero attached hydrogens (tertiary/aromatic N) is 3. The number of carbonyl (C=O) groups is 2. The number of rotatable bonds is 6. The van der Waals surface area contributed by atoms with Crippen LogP contribution in [0.2, 0.25) is 0 Å². The molecule has 0 saturated carbocycles. The number of ether oxygens (including phenoxy) is 2. The van der Waals surface area contributed by atoms with E-state index in [1.54, 1.807) is 23.2 Å². The summed E-state index contributed by atoms with van der Waals surface area (Å²) in [6.07, 6.45) is 3.84. The van der Waals surface area contributed by atoms with Crippen LogP contribution in [-0.2, 0) is 22.7 Å². The molecule has 0 bridgehead atoms. The van der Waals surface area contributed by atoms with Crippen molar-refractivity contribution in [2.45, 2.75) is 19.5 Å². The van der Waals surface area contributed by atoms with Gasteiger partial charge in [-0.3, -0.25) is 14.3 Å². The number of anilines is 1. The van der Waals surface area contributed by atoms with Gasteiger partial charge in [0.1, 0.15) is 13.2 Å². The first-order valence-corrected chi connectivity index (χ1v) is 10.7. The van der Waals surface area contributed by atoms with E-state index in [2.05, 4.69) is 10.4 Å². The molecule has 0 aliphatic carbocycles. The molecule has 1 N–H and O–H groups in total. The quantitative estimate of drug-likeness (QED) is 0.646. The normalized spacial score (nSPS) is 17.4. The van der Waals surface area contributed by atoms with Crippen LogP contribution in [0.4, 0.5) is 5.69 Å². The van der Waals surface area contributed by atoms with Crippen LogP contribution in [-0.4, -0.2) is 41.4 Å². The highest BCUT2D eigenvalue weighted by atomic mass is 16.6. The van der Waals surface area contributed by atoms with Gasteiger partial charge in [-0.25, -0.2) is 0 Å². The number of amides is 2. The number of carbonyl (C=O) groups excluding carboxylic acids is 2. The van der Waals surface area contributed by atoms with E-state index in [0.29, 0.717) is 44.3 Å². The van der Waals surface area contributed by atoms with E-state index in [9.17, 15) is 9.59 Å². The first-order valence-electron chi connectivity index (χ1n) is 10.7. The zero-order valence-electron chi connectivity index (χ0n) is 17.6. The molecule has 2 aliphatic rings. The lowest BCUT2D eigenvalue weighted by molar-refractivity contribution is -0.126. The predicted octanol–water partition coefficient (Wildman–Crippen LogP) is 2.37. The molecule has 164 valence electrons. The third-order valence-electron chi connectivity index (χ3n) is 5.80. The first-order chi connectivity index (χ1) is 15.7. The summed E-state index contributed by atoms with van der Waals surface area (Å²) < 4.78 is 13.0. The van der Waals surface area contributed by atoms with Crippen LogP contribution >= 0.6 is 0 Å². The number of hydrogen-bond acceptors (Lipinski definition) is 5. The fourth-order valence-electron chi connectivity index (χ4n) is 4.11. The molecule has 0 spiro atoms. The van der Waals surface area contributed by atoms with Gasteiger partial charge in [-0.05, 0) is 29.3 Å². The summed E-state index contributed by atoms with van der Waals surface area (Å²) in [5.74, 6) is 0.722. The summed E-state index contributed by atoms with van der Waals surface area (Å²) >= 11 is 0. The van der Waals surface area contributed by atoms with Gasteiger partial charge in [0.2, 0.25) is 11.8 Å². The molecule has 5 rings (SSSR count). The molecule has 32 heavy (non-hydrogen) atoms. The summed E-state index contributed by atoms with van der Waals surface area (Å²) in [4.78, 5) is 27.1. The maximum atomic E-state index is 12.8. The van der Waals surface area contributed by atoms with Gasteiger partial charge in [0.25, 0.3) is 0 Å². The highest BCUT2D eigenvalue weighted by molar-refractivity contribution is 6.00. The third kappa shape index (κ3) is 4.16. The lowest BCUT2D eigenvalue weighted by Gasteiger charge is -2.22. The molecule has 8 nitrogen and oxygen atoms in total. The van der Waals surface area contributed by atoms with Crippen LogP contribution < -0.4 is 19.7 Å². The van der Waals surface area contributed by atoms with Gasteiger partial charge in [0.15, 0.2) is 11.5 Å². The smallest absolute Gasteiger partial charge is 0.227 e. The first kappa shape index (κ1) is 20.1. The topological polar surface area (TPSA) is 85.7 Å². The molecule has 2 aliphatic heterocycles. The minimum Gasteiger partial charge on any atom is -0.486 e. The fraction of sp³-hybridized carbons (Fsp3) is 0.292. The Labute approximate surface area is 185 Å². The second-order valence-electron chi connectivity index (χ2n) is 7.92. The Morgan fingerprint density at radius 1 is 1.06 bits per heavy atom. The maximum Gasteiger partial charge on any atom is 0.227 e. The van der Waals surface area contributed by atoms with Crippen molar-refractivity contribution in [1.82, 2.24) is 15.1 Å². The molecule has 1 aromatic heterocycles. The average Bonchev–Trinajstić information content (AvgIpc) is 3.47. The molecule has 1 fully saturated rings. The summed E-state index contributed by atoms with van der Waals surface area (Å²) in [7, 11) is 0. The van der Waals surface area contributed by atoms with E-state index in [4.69, 9.17) is 9.47 Å². The number of aromatic nitrogens is 2. The Kier molecular flexibility index (Phi) is 5.49. The van der Waals surface area contributed by atoms with Crippen molar-refractivity contribution >= 4 is 17.5 Å². The number of fused-ring (bicyclic) bond motifs is 1. The summed E-state index contributed by atoms with van der Waals surface area (Å²) in [6.45, 7) is 2.39. The average molecular weight is 432 g/mol.